The van der Waals surface area contributed by atoms with Gasteiger partial charge in [-0.1, -0.05) is 41.6 Å². The van der Waals surface area contributed by atoms with Gasteiger partial charge in [-0.3, -0.25) is 20.0 Å². The van der Waals surface area contributed by atoms with Crippen LogP contribution < -0.4 is 5.32 Å². The third-order valence-electron chi connectivity index (χ3n) is 3.92. The number of hydrogen-bond acceptors (Lipinski definition) is 6. The number of amides is 1. The summed E-state index contributed by atoms with van der Waals surface area (Å²) in [7, 11) is 0. The van der Waals surface area contributed by atoms with E-state index < -0.39 is 10.2 Å². The van der Waals surface area contributed by atoms with Gasteiger partial charge in [0.25, 0.3) is 5.69 Å². The molecule has 1 amide bonds. The second kappa shape index (κ2) is 8.41. The highest BCUT2D eigenvalue weighted by Crippen LogP contribution is 2.28. The Hall–Kier alpha value is -2.91. The second-order valence-corrected chi connectivity index (χ2v) is 7.67. The molecule has 0 fully saturated rings. The molecule has 0 aliphatic carbocycles. The van der Waals surface area contributed by atoms with Gasteiger partial charge in [-0.05, 0) is 32.0 Å². The average molecular weight is 418 g/mol. The number of halogens is 1. The Kier molecular flexibility index (Phi) is 5.96. The number of thioether (sulfide) groups is 1. The molecule has 0 saturated carbocycles. The van der Waals surface area contributed by atoms with Crippen LogP contribution >= 0.6 is 23.4 Å². The maximum Gasteiger partial charge on any atom is 0.274 e. The standard InChI is InChI=1S/C18H16ClN5O3S/c1-10-7-8-12(9-15(10)24(26)27)20-17(25)11(2)28-18-21-16(22-23-18)13-5-3-4-6-14(13)19/h3-9,11H,1-2H3,(H,20,25)(H,21,22,23)/t11-/m0/s1. The summed E-state index contributed by atoms with van der Waals surface area (Å²) in [5.41, 5.74) is 1.56. The van der Waals surface area contributed by atoms with E-state index in [1.54, 1.807) is 32.0 Å². The van der Waals surface area contributed by atoms with E-state index in [1.807, 2.05) is 18.2 Å². The number of nitro benzene ring substituents is 1. The van der Waals surface area contributed by atoms with Gasteiger partial charge in [-0.25, -0.2) is 4.98 Å². The van der Waals surface area contributed by atoms with Gasteiger partial charge in [0.1, 0.15) is 0 Å². The van der Waals surface area contributed by atoms with Crippen LogP contribution in [0.15, 0.2) is 47.6 Å². The van der Waals surface area contributed by atoms with Gasteiger partial charge < -0.3 is 5.32 Å². The number of rotatable bonds is 6. The molecule has 144 valence electrons. The number of aromatic nitrogens is 3. The van der Waals surface area contributed by atoms with Crippen LogP contribution in [-0.2, 0) is 4.79 Å². The van der Waals surface area contributed by atoms with Crippen molar-refractivity contribution in [3.05, 3.63) is 63.2 Å². The molecule has 2 N–H and O–H groups in total. The largest absolute Gasteiger partial charge is 0.325 e. The quantitative estimate of drug-likeness (QED) is 0.347. The number of carbonyl (C=O) groups is 1. The van der Waals surface area contributed by atoms with Crippen molar-refractivity contribution in [1.82, 2.24) is 15.2 Å². The van der Waals surface area contributed by atoms with E-state index in [1.165, 1.54) is 6.07 Å². The van der Waals surface area contributed by atoms with Crippen molar-refractivity contribution in [1.29, 1.82) is 0 Å². The molecule has 1 atom stereocenters. The SMILES string of the molecule is Cc1ccc(NC(=O)[C@H](C)Sc2n[nH]c(-c3ccccc3Cl)n2)cc1[N+](=O)[O-]. The van der Waals surface area contributed by atoms with Crippen molar-refractivity contribution in [2.75, 3.05) is 5.32 Å². The molecule has 8 nitrogen and oxygen atoms in total. The molecule has 1 heterocycles. The van der Waals surface area contributed by atoms with Gasteiger partial charge in [0, 0.05) is 22.9 Å². The molecule has 2 aromatic carbocycles. The van der Waals surface area contributed by atoms with E-state index in [2.05, 4.69) is 20.5 Å². The lowest BCUT2D eigenvalue weighted by Crippen LogP contribution is -2.22. The number of benzene rings is 2. The fraction of sp³-hybridized carbons (Fsp3) is 0.167. The number of aromatic amines is 1. The van der Waals surface area contributed by atoms with Crippen molar-refractivity contribution in [3.8, 4) is 11.4 Å². The third-order valence-corrected chi connectivity index (χ3v) is 5.21. The van der Waals surface area contributed by atoms with Crippen LogP contribution in [0.4, 0.5) is 11.4 Å². The lowest BCUT2D eigenvalue weighted by molar-refractivity contribution is -0.385. The molecule has 0 bridgehead atoms. The summed E-state index contributed by atoms with van der Waals surface area (Å²) in [6.45, 7) is 3.34. The number of hydrogen-bond donors (Lipinski definition) is 2. The molecule has 0 saturated heterocycles. The maximum absolute atomic E-state index is 12.4. The molecular weight excluding hydrogens is 402 g/mol. The number of nitrogens with zero attached hydrogens (tertiary/aromatic N) is 3. The highest BCUT2D eigenvalue weighted by Gasteiger charge is 2.19. The number of H-pyrrole nitrogens is 1. The molecule has 3 rings (SSSR count). The van der Waals surface area contributed by atoms with Gasteiger partial charge >= 0.3 is 0 Å². The number of anilines is 1. The summed E-state index contributed by atoms with van der Waals surface area (Å²) >= 11 is 7.32. The van der Waals surface area contributed by atoms with E-state index in [0.29, 0.717) is 32.8 Å². The van der Waals surface area contributed by atoms with Crippen LogP contribution in [0.3, 0.4) is 0 Å². The van der Waals surface area contributed by atoms with E-state index >= 15 is 0 Å². The van der Waals surface area contributed by atoms with Gasteiger partial charge in [0.05, 0.1) is 15.2 Å². The summed E-state index contributed by atoms with van der Waals surface area (Å²) in [5.74, 6) is 0.196. The normalized spacial score (nSPS) is 11.8. The van der Waals surface area contributed by atoms with Gasteiger partial charge in [0.2, 0.25) is 11.1 Å². The highest BCUT2D eigenvalue weighted by molar-refractivity contribution is 8.00. The monoisotopic (exact) mass is 417 g/mol. The third kappa shape index (κ3) is 4.49. The Morgan fingerprint density at radius 2 is 2.07 bits per heavy atom. The van der Waals surface area contributed by atoms with Gasteiger partial charge in [-0.2, -0.15) is 0 Å². The second-order valence-electron chi connectivity index (χ2n) is 5.95. The fourth-order valence-electron chi connectivity index (χ4n) is 2.41. The Labute approximate surface area is 169 Å². The van der Waals surface area contributed by atoms with Crippen LogP contribution in [0.2, 0.25) is 5.02 Å². The molecule has 10 heteroatoms. The summed E-state index contributed by atoms with van der Waals surface area (Å²) in [6, 6.07) is 11.8. The predicted octanol–water partition coefficient (Wildman–Crippen LogP) is 4.46. The van der Waals surface area contributed by atoms with Crippen LogP contribution in [0.25, 0.3) is 11.4 Å². The van der Waals surface area contributed by atoms with E-state index in [0.717, 1.165) is 11.8 Å². The predicted molar refractivity (Wildman–Crippen MR) is 109 cm³/mol. The van der Waals surface area contributed by atoms with Crippen LogP contribution in [-0.4, -0.2) is 31.3 Å². The molecule has 0 aliphatic rings. The Morgan fingerprint density at radius 3 is 2.79 bits per heavy atom. The van der Waals surface area contributed by atoms with Crippen LogP contribution in [0.1, 0.15) is 12.5 Å². The van der Waals surface area contributed by atoms with Crippen molar-refractivity contribution < 1.29 is 9.72 Å². The Bertz CT molecular complexity index is 1040. The lowest BCUT2D eigenvalue weighted by Gasteiger charge is -2.10. The van der Waals surface area contributed by atoms with Crippen LogP contribution in [0.5, 0.6) is 0 Å². The fourth-order valence-corrected chi connectivity index (χ4v) is 3.36. The summed E-state index contributed by atoms with van der Waals surface area (Å²) < 4.78 is 0. The minimum Gasteiger partial charge on any atom is -0.325 e. The zero-order valence-corrected chi connectivity index (χ0v) is 16.5. The summed E-state index contributed by atoms with van der Waals surface area (Å²) in [4.78, 5) is 27.3. The number of nitro groups is 1. The first-order valence-corrected chi connectivity index (χ1v) is 9.51. The Balaban J connectivity index is 1.68. The first-order valence-electron chi connectivity index (χ1n) is 8.25. The van der Waals surface area contributed by atoms with Crippen molar-refractivity contribution in [2.45, 2.75) is 24.3 Å². The zero-order chi connectivity index (χ0) is 20.3. The number of nitrogens with one attached hydrogen (secondary N) is 2. The molecule has 3 aromatic rings. The maximum atomic E-state index is 12.4. The van der Waals surface area contributed by atoms with Crippen molar-refractivity contribution in [2.24, 2.45) is 0 Å². The molecule has 1 aromatic heterocycles. The molecule has 0 unspecified atom stereocenters. The summed E-state index contributed by atoms with van der Waals surface area (Å²) in [5, 5.41) is 21.1. The number of carbonyl (C=O) groups excluding carboxylic acids is 1. The highest BCUT2D eigenvalue weighted by atomic mass is 35.5. The molecule has 0 spiro atoms. The van der Waals surface area contributed by atoms with Gasteiger partial charge in [0.15, 0.2) is 5.82 Å². The van der Waals surface area contributed by atoms with Crippen molar-refractivity contribution in [3.63, 3.8) is 0 Å². The first-order chi connectivity index (χ1) is 13.3. The molecule has 0 radical (unpaired) electrons. The van der Waals surface area contributed by atoms with Gasteiger partial charge in [-0.15, -0.1) is 5.10 Å². The minimum absolute atomic E-state index is 0.0449. The van der Waals surface area contributed by atoms with Crippen molar-refractivity contribution >= 4 is 40.6 Å². The minimum atomic E-state index is -0.518. The van der Waals surface area contributed by atoms with E-state index in [-0.39, 0.29) is 11.6 Å². The van der Waals surface area contributed by atoms with E-state index in [9.17, 15) is 14.9 Å². The molecular formula is C18H16ClN5O3S. The summed E-state index contributed by atoms with van der Waals surface area (Å²) in [6.07, 6.45) is 0. The first kappa shape index (κ1) is 19.8. The van der Waals surface area contributed by atoms with E-state index in [4.69, 9.17) is 11.6 Å². The molecule has 0 aliphatic heterocycles. The Morgan fingerprint density at radius 1 is 1.32 bits per heavy atom. The lowest BCUT2D eigenvalue weighted by atomic mass is 10.2. The molecule has 28 heavy (non-hydrogen) atoms. The van der Waals surface area contributed by atoms with Crippen LogP contribution in [0, 0.1) is 17.0 Å². The number of aryl methyl sites for hydroxylation is 1. The average Bonchev–Trinajstić information content (AvgIpc) is 3.11. The topological polar surface area (TPSA) is 114 Å². The zero-order valence-electron chi connectivity index (χ0n) is 15.0. The smallest absolute Gasteiger partial charge is 0.274 e.